The van der Waals surface area contributed by atoms with E-state index in [1.54, 1.807) is 6.07 Å². The molecule has 0 N–H and O–H groups in total. The third-order valence-corrected chi connectivity index (χ3v) is 9.25. The van der Waals surface area contributed by atoms with Crippen molar-refractivity contribution in [2.75, 3.05) is 37.7 Å². The predicted octanol–water partition coefficient (Wildman–Crippen LogP) is 5.46. The van der Waals surface area contributed by atoms with Crippen LogP contribution in [0.4, 0.5) is 19.4 Å². The average Bonchev–Trinajstić information content (AvgIpc) is 3.47. The zero-order valence-corrected chi connectivity index (χ0v) is 24.3. The van der Waals surface area contributed by atoms with Crippen LogP contribution >= 0.6 is 15.9 Å². The molecular formula is C28H36BrF2N5O3. The summed E-state index contributed by atoms with van der Waals surface area (Å²) in [5.41, 5.74) is -0.750. The van der Waals surface area contributed by atoms with Gasteiger partial charge in [-0.05, 0) is 87.5 Å². The second-order valence-corrected chi connectivity index (χ2v) is 13.3. The van der Waals surface area contributed by atoms with Crippen LogP contribution in [-0.4, -0.2) is 88.0 Å². The molecule has 11 heteroatoms. The predicted molar refractivity (Wildman–Crippen MR) is 147 cm³/mol. The number of nitrogens with zero attached hydrogens (tertiary/aromatic N) is 5. The lowest BCUT2D eigenvalue weighted by atomic mass is 9.95. The van der Waals surface area contributed by atoms with Crippen molar-refractivity contribution in [3.63, 3.8) is 0 Å². The highest BCUT2D eigenvalue weighted by molar-refractivity contribution is 9.10. The van der Waals surface area contributed by atoms with Gasteiger partial charge in [0.15, 0.2) is 5.82 Å². The van der Waals surface area contributed by atoms with E-state index in [0.29, 0.717) is 41.7 Å². The lowest BCUT2D eigenvalue weighted by Gasteiger charge is -2.32. The van der Waals surface area contributed by atoms with E-state index in [2.05, 4.69) is 30.7 Å². The molecule has 1 amide bonds. The molecule has 0 aliphatic carbocycles. The fourth-order valence-electron chi connectivity index (χ4n) is 6.93. The summed E-state index contributed by atoms with van der Waals surface area (Å²) in [6.07, 6.45) is 3.72. The number of hydrogen-bond donors (Lipinski definition) is 0. The minimum absolute atomic E-state index is 0.0343. The number of amides is 1. The van der Waals surface area contributed by atoms with Gasteiger partial charge in [-0.25, -0.2) is 13.6 Å². The highest BCUT2D eigenvalue weighted by atomic mass is 79.9. The van der Waals surface area contributed by atoms with Crippen LogP contribution in [0.3, 0.4) is 0 Å². The van der Waals surface area contributed by atoms with Crippen LogP contribution in [0.5, 0.6) is 6.01 Å². The maximum Gasteiger partial charge on any atom is 0.410 e. The maximum atomic E-state index is 15.3. The lowest BCUT2D eigenvalue weighted by Crippen LogP contribution is -2.45. The Balaban J connectivity index is 1.31. The molecular weight excluding hydrogens is 572 g/mol. The Bertz CT molecular complexity index is 1280. The summed E-state index contributed by atoms with van der Waals surface area (Å²) in [5.74, 6) is 0.117. The molecule has 4 fully saturated rings. The number of anilines is 1. The third kappa shape index (κ3) is 5.05. The molecule has 1 aromatic heterocycles. The van der Waals surface area contributed by atoms with E-state index in [4.69, 9.17) is 14.5 Å². The first kappa shape index (κ1) is 26.9. The average molecular weight is 609 g/mol. The number of halogens is 3. The van der Waals surface area contributed by atoms with Crippen LogP contribution in [0.25, 0.3) is 10.9 Å². The number of aromatic nitrogens is 2. The van der Waals surface area contributed by atoms with Gasteiger partial charge in [-0.15, -0.1) is 0 Å². The Hall–Kier alpha value is -2.27. The van der Waals surface area contributed by atoms with Crippen molar-refractivity contribution >= 4 is 38.7 Å². The number of ether oxygens (including phenoxy) is 2. The Morgan fingerprint density at radius 2 is 1.95 bits per heavy atom. The van der Waals surface area contributed by atoms with Gasteiger partial charge in [-0.2, -0.15) is 9.97 Å². The minimum atomic E-state index is -0.865. The van der Waals surface area contributed by atoms with Gasteiger partial charge < -0.3 is 19.3 Å². The van der Waals surface area contributed by atoms with Crippen molar-refractivity contribution in [1.29, 1.82) is 0 Å². The number of rotatable bonds is 4. The van der Waals surface area contributed by atoms with Crippen LogP contribution in [0.15, 0.2) is 16.6 Å². The Labute approximate surface area is 236 Å². The highest BCUT2D eigenvalue weighted by Crippen LogP contribution is 2.41. The monoisotopic (exact) mass is 607 g/mol. The third-order valence-electron chi connectivity index (χ3n) is 8.64. The van der Waals surface area contributed by atoms with E-state index in [1.807, 2.05) is 31.7 Å². The molecule has 0 spiro atoms. The largest absolute Gasteiger partial charge is 0.461 e. The van der Waals surface area contributed by atoms with Gasteiger partial charge in [0.05, 0.1) is 16.1 Å². The standard InChI is InChI=1S/C28H36BrF2N5O3/c1-27(2,3)39-26(37)36-18-5-6-19(36)15-34(12-9-18)24-20-7-8-21(29)22(31)23(20)32-25(33-24)38-16-28-10-4-11-35(28)14-17(30)13-28/h7-8,17-19H,4-6,9-16H2,1-3H3/t17-,18-,19+,28+/m1/s1. The Morgan fingerprint density at radius 3 is 2.74 bits per heavy atom. The van der Waals surface area contributed by atoms with E-state index in [1.165, 1.54) is 0 Å². The summed E-state index contributed by atoms with van der Waals surface area (Å²) in [4.78, 5) is 28.6. The van der Waals surface area contributed by atoms with Crippen molar-refractivity contribution in [3.05, 3.63) is 22.4 Å². The smallest absolute Gasteiger partial charge is 0.410 e. The number of carbonyl (C=O) groups excluding carboxylic acids is 1. The summed E-state index contributed by atoms with van der Waals surface area (Å²) in [6.45, 7) is 8.40. The molecule has 4 saturated heterocycles. The fraction of sp³-hybridized carbons (Fsp3) is 0.679. The highest BCUT2D eigenvalue weighted by Gasteiger charge is 2.49. The van der Waals surface area contributed by atoms with Crippen molar-refractivity contribution in [1.82, 2.24) is 19.8 Å². The topological polar surface area (TPSA) is 71.0 Å². The molecule has 0 radical (unpaired) electrons. The summed E-state index contributed by atoms with van der Waals surface area (Å²) in [7, 11) is 0. The summed E-state index contributed by atoms with van der Waals surface area (Å²) in [5, 5.41) is 0.593. The second kappa shape index (κ2) is 9.98. The zero-order chi connectivity index (χ0) is 27.5. The van der Waals surface area contributed by atoms with Gasteiger partial charge in [-0.3, -0.25) is 4.90 Å². The lowest BCUT2D eigenvalue weighted by molar-refractivity contribution is 0.0163. The van der Waals surface area contributed by atoms with E-state index in [0.717, 1.165) is 38.6 Å². The van der Waals surface area contributed by atoms with E-state index < -0.39 is 17.6 Å². The maximum absolute atomic E-state index is 15.3. The molecule has 2 aromatic rings. The molecule has 5 heterocycles. The Kier molecular flexibility index (Phi) is 6.89. The minimum Gasteiger partial charge on any atom is -0.461 e. The molecule has 1 aromatic carbocycles. The van der Waals surface area contributed by atoms with Gasteiger partial charge in [0, 0.05) is 37.5 Å². The molecule has 39 heavy (non-hydrogen) atoms. The first-order valence-corrected chi connectivity index (χ1v) is 14.8. The number of fused-ring (bicyclic) bond motifs is 4. The van der Waals surface area contributed by atoms with Crippen molar-refractivity contribution in [3.8, 4) is 6.01 Å². The van der Waals surface area contributed by atoms with E-state index in [-0.39, 0.29) is 41.8 Å². The van der Waals surface area contributed by atoms with E-state index in [9.17, 15) is 9.18 Å². The van der Waals surface area contributed by atoms with Crippen LogP contribution in [0.2, 0.25) is 0 Å². The Morgan fingerprint density at radius 1 is 1.15 bits per heavy atom. The molecule has 0 unspecified atom stereocenters. The van der Waals surface area contributed by atoms with Crippen molar-refractivity contribution in [2.45, 2.75) is 88.7 Å². The molecule has 6 rings (SSSR count). The quantitative estimate of drug-likeness (QED) is 0.457. The van der Waals surface area contributed by atoms with E-state index >= 15 is 4.39 Å². The zero-order valence-electron chi connectivity index (χ0n) is 22.8. The molecule has 0 saturated carbocycles. The number of benzene rings is 1. The molecule has 2 bridgehead atoms. The normalized spacial score (nSPS) is 29.1. The summed E-state index contributed by atoms with van der Waals surface area (Å²) < 4.78 is 41.8. The fourth-order valence-corrected chi connectivity index (χ4v) is 7.25. The molecule has 8 nitrogen and oxygen atoms in total. The van der Waals surface area contributed by atoms with Crippen LogP contribution in [0, 0.1) is 5.82 Å². The van der Waals surface area contributed by atoms with Gasteiger partial charge in [0.2, 0.25) is 0 Å². The number of hydrogen-bond acceptors (Lipinski definition) is 7. The number of alkyl halides is 1. The summed E-state index contributed by atoms with van der Waals surface area (Å²) >= 11 is 3.29. The van der Waals surface area contributed by atoms with Gasteiger partial charge in [0.25, 0.3) is 0 Å². The van der Waals surface area contributed by atoms with Crippen LogP contribution < -0.4 is 9.64 Å². The van der Waals surface area contributed by atoms with Gasteiger partial charge in [0.1, 0.15) is 29.7 Å². The van der Waals surface area contributed by atoms with Crippen LogP contribution in [0.1, 0.15) is 59.3 Å². The molecule has 212 valence electrons. The van der Waals surface area contributed by atoms with Gasteiger partial charge in [-0.1, -0.05) is 0 Å². The SMILES string of the molecule is CC(C)(C)OC(=O)N1[C@@H]2CC[C@H]1CN(c1nc(OC[C@@]34CCCN3C[C@H](F)C4)nc3c(F)c(Br)ccc13)CC2. The van der Waals surface area contributed by atoms with Crippen molar-refractivity contribution < 1.29 is 23.0 Å². The number of carbonyl (C=O) groups is 1. The molecule has 4 atom stereocenters. The van der Waals surface area contributed by atoms with Crippen LogP contribution in [-0.2, 0) is 4.74 Å². The summed E-state index contributed by atoms with van der Waals surface area (Å²) in [6, 6.07) is 3.63. The molecule has 4 aliphatic rings. The second-order valence-electron chi connectivity index (χ2n) is 12.5. The molecule has 4 aliphatic heterocycles. The van der Waals surface area contributed by atoms with Crippen molar-refractivity contribution in [2.24, 2.45) is 0 Å². The van der Waals surface area contributed by atoms with Gasteiger partial charge >= 0.3 is 12.1 Å². The first-order valence-electron chi connectivity index (χ1n) is 14.0. The first-order chi connectivity index (χ1) is 18.5.